The molecule has 0 saturated carbocycles. The maximum Gasteiger partial charge on any atom is 0.424 e. The lowest BCUT2D eigenvalue weighted by molar-refractivity contribution is 0.126. The minimum atomic E-state index is -1.19. The molecule has 2 aromatic heterocycles. The van der Waals surface area contributed by atoms with Crippen molar-refractivity contribution in [1.29, 1.82) is 0 Å². The Hall–Kier alpha value is -1.86. The molecule has 0 aliphatic carbocycles. The molecule has 8 heteroatoms. The Morgan fingerprint density at radius 1 is 1.45 bits per heavy atom. The lowest BCUT2D eigenvalue weighted by atomic mass is 10.2. The molecule has 0 atom stereocenters. The van der Waals surface area contributed by atoms with Crippen LogP contribution >= 0.6 is 11.6 Å². The largest absolute Gasteiger partial charge is 0.464 e. The van der Waals surface area contributed by atoms with E-state index < -0.39 is 6.09 Å². The van der Waals surface area contributed by atoms with Gasteiger partial charge in [0.05, 0.1) is 5.52 Å². The van der Waals surface area contributed by atoms with Crippen LogP contribution in [0.4, 0.5) is 4.79 Å². The topological polar surface area (TPSA) is 89.3 Å². The number of nitrogens with zero attached hydrogens (tertiary/aromatic N) is 3. The number of pyridine rings is 1. The number of aryl methyl sites for hydroxylation is 2. The van der Waals surface area contributed by atoms with Crippen molar-refractivity contribution < 1.29 is 14.6 Å². The summed E-state index contributed by atoms with van der Waals surface area (Å²) in [4.78, 5) is 19.5. The summed E-state index contributed by atoms with van der Waals surface area (Å²) in [5.41, 5.74) is 4.89. The first-order chi connectivity index (χ1) is 9.45. The van der Waals surface area contributed by atoms with Crippen LogP contribution in [0.3, 0.4) is 0 Å². The fraction of sp³-hybridized carbons (Fsp3) is 0.417. The number of halogens is 1. The molecular formula is C12H15ClN4O3. The number of imidazole rings is 1. The zero-order valence-electron chi connectivity index (χ0n) is 11.4. The Labute approximate surface area is 120 Å². The second-order valence-corrected chi connectivity index (χ2v) is 4.59. The van der Waals surface area contributed by atoms with Gasteiger partial charge >= 0.3 is 6.09 Å². The van der Waals surface area contributed by atoms with Crippen molar-refractivity contribution in [2.45, 2.75) is 27.4 Å². The molecule has 0 bridgehead atoms. The summed E-state index contributed by atoms with van der Waals surface area (Å²) in [6.45, 7) is 6.18. The van der Waals surface area contributed by atoms with Gasteiger partial charge in [-0.25, -0.2) is 24.9 Å². The van der Waals surface area contributed by atoms with E-state index in [1.807, 2.05) is 13.8 Å². The van der Waals surface area contributed by atoms with Gasteiger partial charge in [-0.3, -0.25) is 0 Å². The quantitative estimate of drug-likeness (QED) is 0.846. The minimum Gasteiger partial charge on any atom is -0.464 e. The second-order valence-electron chi connectivity index (χ2n) is 4.23. The normalized spacial score (nSPS) is 11.0. The third-order valence-corrected chi connectivity index (χ3v) is 3.21. The van der Waals surface area contributed by atoms with E-state index in [1.165, 1.54) is 4.68 Å². The van der Waals surface area contributed by atoms with Gasteiger partial charge in [0.15, 0.2) is 11.0 Å². The van der Waals surface area contributed by atoms with Gasteiger partial charge in [-0.2, -0.15) is 0 Å². The molecule has 0 spiro atoms. The van der Waals surface area contributed by atoms with Gasteiger partial charge in [0.2, 0.25) is 0 Å². The molecule has 1 amide bonds. The van der Waals surface area contributed by atoms with Crippen molar-refractivity contribution in [3.63, 3.8) is 0 Å². The summed E-state index contributed by atoms with van der Waals surface area (Å²) in [5, 5.41) is 9.22. The molecule has 2 aromatic rings. The van der Waals surface area contributed by atoms with Crippen molar-refractivity contribution >= 4 is 28.7 Å². The van der Waals surface area contributed by atoms with Crippen molar-refractivity contribution in [3.05, 3.63) is 22.2 Å². The first kappa shape index (κ1) is 14.5. The van der Waals surface area contributed by atoms with Gasteiger partial charge in [0.1, 0.15) is 12.1 Å². The number of carboxylic acid groups (broad SMARTS) is 1. The number of aromatic nitrogens is 3. The first-order valence-electron chi connectivity index (χ1n) is 6.07. The minimum absolute atomic E-state index is 0.181. The van der Waals surface area contributed by atoms with Crippen LogP contribution in [0.5, 0.6) is 0 Å². The van der Waals surface area contributed by atoms with Crippen molar-refractivity contribution in [3.8, 4) is 0 Å². The van der Waals surface area contributed by atoms with Crippen LogP contribution in [-0.4, -0.2) is 32.5 Å². The summed E-state index contributed by atoms with van der Waals surface area (Å²) in [6.07, 6.45) is -1.19. The average Bonchev–Trinajstić information content (AvgIpc) is 2.72. The van der Waals surface area contributed by atoms with E-state index in [1.54, 1.807) is 6.92 Å². The second kappa shape index (κ2) is 5.64. The average molecular weight is 299 g/mol. The van der Waals surface area contributed by atoms with Crippen LogP contribution in [-0.2, 0) is 11.3 Å². The molecule has 0 unspecified atom stereocenters. The number of fused-ring (bicyclic) bond motifs is 1. The zero-order chi connectivity index (χ0) is 14.9. The van der Waals surface area contributed by atoms with Gasteiger partial charge in [-0.15, -0.1) is 0 Å². The Bertz CT molecular complexity index is 669. The summed E-state index contributed by atoms with van der Waals surface area (Å²) >= 11 is 6.09. The van der Waals surface area contributed by atoms with Gasteiger partial charge < -0.3 is 9.84 Å². The summed E-state index contributed by atoms with van der Waals surface area (Å²) in [5.74, 6) is 0.432. The molecule has 0 aliphatic rings. The van der Waals surface area contributed by atoms with E-state index in [0.29, 0.717) is 23.5 Å². The Morgan fingerprint density at radius 3 is 2.75 bits per heavy atom. The molecule has 2 N–H and O–H groups in total. The summed E-state index contributed by atoms with van der Waals surface area (Å²) in [6, 6.07) is 0. The zero-order valence-corrected chi connectivity index (χ0v) is 12.2. The molecule has 0 radical (unpaired) electrons. The Balaban J connectivity index is 2.69. The molecule has 7 nitrogen and oxygen atoms in total. The molecule has 2 rings (SSSR count). The monoisotopic (exact) mass is 298 g/mol. The molecule has 0 fully saturated rings. The smallest absolute Gasteiger partial charge is 0.424 e. The predicted octanol–water partition coefficient (Wildman–Crippen LogP) is 2.46. The van der Waals surface area contributed by atoms with Gasteiger partial charge in [-0.1, -0.05) is 11.6 Å². The number of hydrogen-bond acceptors (Lipinski definition) is 4. The fourth-order valence-corrected chi connectivity index (χ4v) is 2.18. The van der Waals surface area contributed by atoms with E-state index >= 15 is 0 Å². The standard InChI is InChI=1S/C12H15ClN4O3/c1-4-20-5-8-15-9-10(17(8)16-12(18)19)6(2)7(3)14-11(9)13/h16H,4-5H2,1-3H3,(H,18,19). The highest BCUT2D eigenvalue weighted by Crippen LogP contribution is 2.26. The number of carbonyl (C=O) groups is 1. The van der Waals surface area contributed by atoms with Gasteiger partial charge in [-0.05, 0) is 26.3 Å². The lowest BCUT2D eigenvalue weighted by Gasteiger charge is -2.10. The van der Waals surface area contributed by atoms with Gasteiger partial charge in [0, 0.05) is 12.3 Å². The molecule has 2 heterocycles. The molecule has 108 valence electrons. The number of nitrogens with one attached hydrogen (secondary N) is 1. The highest BCUT2D eigenvalue weighted by molar-refractivity contribution is 6.33. The third kappa shape index (κ3) is 2.54. The summed E-state index contributed by atoms with van der Waals surface area (Å²) < 4.78 is 6.68. The van der Waals surface area contributed by atoms with Crippen molar-refractivity contribution in [2.75, 3.05) is 12.0 Å². The maximum atomic E-state index is 11.0. The molecule has 0 saturated heterocycles. The van der Waals surface area contributed by atoms with Crippen LogP contribution in [0.2, 0.25) is 5.15 Å². The fourth-order valence-electron chi connectivity index (χ4n) is 1.92. The van der Waals surface area contributed by atoms with Crippen LogP contribution in [0.1, 0.15) is 24.0 Å². The molecular weight excluding hydrogens is 284 g/mol. The van der Waals surface area contributed by atoms with Crippen LogP contribution in [0, 0.1) is 13.8 Å². The SMILES string of the molecule is CCOCc1nc2c(Cl)nc(C)c(C)c2n1NC(=O)O. The number of rotatable bonds is 4. The molecule has 0 aliphatic heterocycles. The number of amides is 1. The maximum absolute atomic E-state index is 11.0. The van der Waals surface area contributed by atoms with E-state index in [0.717, 1.165) is 11.3 Å². The Kier molecular flexibility index (Phi) is 4.10. The highest BCUT2D eigenvalue weighted by atomic mass is 35.5. The van der Waals surface area contributed by atoms with E-state index in [2.05, 4.69) is 15.4 Å². The van der Waals surface area contributed by atoms with Crippen molar-refractivity contribution in [1.82, 2.24) is 14.6 Å². The van der Waals surface area contributed by atoms with Crippen LogP contribution in [0.25, 0.3) is 11.0 Å². The van der Waals surface area contributed by atoms with E-state index in [4.69, 9.17) is 21.4 Å². The van der Waals surface area contributed by atoms with E-state index in [9.17, 15) is 4.79 Å². The number of hydrogen-bond donors (Lipinski definition) is 2. The van der Waals surface area contributed by atoms with Crippen LogP contribution in [0.15, 0.2) is 0 Å². The highest BCUT2D eigenvalue weighted by Gasteiger charge is 2.19. The van der Waals surface area contributed by atoms with Crippen molar-refractivity contribution in [2.24, 2.45) is 0 Å². The van der Waals surface area contributed by atoms with Crippen LogP contribution < -0.4 is 5.43 Å². The summed E-state index contributed by atoms with van der Waals surface area (Å²) in [7, 11) is 0. The Morgan fingerprint density at radius 2 is 2.15 bits per heavy atom. The first-order valence-corrected chi connectivity index (χ1v) is 6.45. The predicted molar refractivity (Wildman–Crippen MR) is 74.7 cm³/mol. The number of ether oxygens (including phenoxy) is 1. The van der Waals surface area contributed by atoms with E-state index in [-0.39, 0.29) is 11.8 Å². The third-order valence-electron chi connectivity index (χ3n) is 2.95. The lowest BCUT2D eigenvalue weighted by Crippen LogP contribution is -2.23. The molecule has 20 heavy (non-hydrogen) atoms. The van der Waals surface area contributed by atoms with Gasteiger partial charge in [0.25, 0.3) is 0 Å². The molecule has 0 aromatic carbocycles.